The second-order valence-electron chi connectivity index (χ2n) is 2.86. The van der Waals surface area contributed by atoms with Crippen LogP contribution < -0.4 is 0 Å². The van der Waals surface area contributed by atoms with E-state index in [-0.39, 0.29) is 0 Å². The van der Waals surface area contributed by atoms with E-state index in [9.17, 15) is 4.79 Å². The van der Waals surface area contributed by atoms with E-state index in [4.69, 9.17) is 5.11 Å². The second-order valence-corrected chi connectivity index (χ2v) is 2.86. The number of hydrogen-bond donors (Lipinski definition) is 1. The standard InChI is InChI=1S/C10H12N2O2/c1-3-8(10(13)14)6-9-4-5-11-7(2)12-9/h4-6H,3H2,1-2H3,(H,13,14)/b8-6+. The highest BCUT2D eigenvalue weighted by atomic mass is 16.4. The predicted molar refractivity (Wildman–Crippen MR) is 52.7 cm³/mol. The van der Waals surface area contributed by atoms with Gasteiger partial charge in [0.15, 0.2) is 0 Å². The Labute approximate surface area is 82.3 Å². The van der Waals surface area contributed by atoms with Crippen LogP contribution in [-0.2, 0) is 4.79 Å². The lowest BCUT2D eigenvalue weighted by Crippen LogP contribution is -1.99. The van der Waals surface area contributed by atoms with Crippen LogP contribution in [0.2, 0.25) is 0 Å². The van der Waals surface area contributed by atoms with Gasteiger partial charge >= 0.3 is 5.97 Å². The summed E-state index contributed by atoms with van der Waals surface area (Å²) in [5.41, 5.74) is 0.986. The van der Waals surface area contributed by atoms with Crippen LogP contribution in [0.15, 0.2) is 17.8 Å². The molecular weight excluding hydrogens is 180 g/mol. The van der Waals surface area contributed by atoms with Crippen molar-refractivity contribution in [2.75, 3.05) is 0 Å². The summed E-state index contributed by atoms with van der Waals surface area (Å²) in [6, 6.07) is 1.69. The summed E-state index contributed by atoms with van der Waals surface area (Å²) in [5.74, 6) is -0.261. The molecule has 1 rings (SSSR count). The van der Waals surface area contributed by atoms with E-state index in [1.165, 1.54) is 0 Å². The van der Waals surface area contributed by atoms with Crippen LogP contribution >= 0.6 is 0 Å². The van der Waals surface area contributed by atoms with Crippen LogP contribution in [0.5, 0.6) is 0 Å². The van der Waals surface area contributed by atoms with E-state index in [2.05, 4.69) is 9.97 Å². The quantitative estimate of drug-likeness (QED) is 0.740. The number of nitrogens with zero attached hydrogens (tertiary/aromatic N) is 2. The van der Waals surface area contributed by atoms with Crippen LogP contribution in [0.1, 0.15) is 24.9 Å². The first-order valence-corrected chi connectivity index (χ1v) is 4.37. The van der Waals surface area contributed by atoms with E-state index >= 15 is 0 Å². The molecule has 0 aliphatic rings. The van der Waals surface area contributed by atoms with Gasteiger partial charge < -0.3 is 5.11 Å². The Morgan fingerprint density at radius 1 is 1.64 bits per heavy atom. The second kappa shape index (κ2) is 4.50. The molecule has 0 aromatic carbocycles. The minimum absolute atomic E-state index is 0.350. The van der Waals surface area contributed by atoms with E-state index in [0.717, 1.165) is 0 Å². The van der Waals surface area contributed by atoms with Crippen molar-refractivity contribution in [1.29, 1.82) is 0 Å². The molecule has 1 aromatic heterocycles. The first-order chi connectivity index (χ1) is 6.63. The zero-order valence-corrected chi connectivity index (χ0v) is 8.19. The van der Waals surface area contributed by atoms with Crippen molar-refractivity contribution in [1.82, 2.24) is 9.97 Å². The lowest BCUT2D eigenvalue weighted by atomic mass is 10.1. The Balaban J connectivity index is 3.00. The molecule has 1 heterocycles. The van der Waals surface area contributed by atoms with Gasteiger partial charge in [0.2, 0.25) is 0 Å². The number of aryl methyl sites for hydroxylation is 1. The maximum atomic E-state index is 10.7. The smallest absolute Gasteiger partial charge is 0.331 e. The largest absolute Gasteiger partial charge is 0.478 e. The van der Waals surface area contributed by atoms with Crippen molar-refractivity contribution in [3.8, 4) is 0 Å². The number of aromatic nitrogens is 2. The molecule has 0 spiro atoms. The SMILES string of the molecule is CC/C(=C\c1ccnc(C)n1)C(=O)O. The van der Waals surface area contributed by atoms with Crippen molar-refractivity contribution in [2.45, 2.75) is 20.3 Å². The molecule has 0 amide bonds. The summed E-state index contributed by atoms with van der Waals surface area (Å²) in [6.45, 7) is 3.57. The fourth-order valence-electron chi connectivity index (χ4n) is 1.05. The zero-order valence-electron chi connectivity index (χ0n) is 8.19. The van der Waals surface area contributed by atoms with Crippen molar-refractivity contribution in [3.63, 3.8) is 0 Å². The molecule has 74 valence electrons. The summed E-state index contributed by atoms with van der Waals surface area (Å²) in [7, 11) is 0. The molecule has 1 N–H and O–H groups in total. The Morgan fingerprint density at radius 3 is 2.86 bits per heavy atom. The topological polar surface area (TPSA) is 63.1 Å². The van der Waals surface area contributed by atoms with Gasteiger partial charge in [0.25, 0.3) is 0 Å². The van der Waals surface area contributed by atoms with Crippen LogP contribution in [0.25, 0.3) is 6.08 Å². The lowest BCUT2D eigenvalue weighted by Gasteiger charge is -1.98. The number of aliphatic carboxylic acids is 1. The highest BCUT2D eigenvalue weighted by molar-refractivity contribution is 5.91. The minimum Gasteiger partial charge on any atom is -0.478 e. The third-order valence-electron chi connectivity index (χ3n) is 1.78. The fourth-order valence-corrected chi connectivity index (χ4v) is 1.05. The molecule has 14 heavy (non-hydrogen) atoms. The van der Waals surface area contributed by atoms with Crippen LogP contribution in [0, 0.1) is 6.92 Å². The summed E-state index contributed by atoms with van der Waals surface area (Å²) >= 11 is 0. The average Bonchev–Trinajstić information content (AvgIpc) is 2.14. The maximum Gasteiger partial charge on any atom is 0.331 e. The molecule has 0 bridgehead atoms. The third-order valence-corrected chi connectivity index (χ3v) is 1.78. The molecule has 0 saturated carbocycles. The maximum absolute atomic E-state index is 10.7. The van der Waals surface area contributed by atoms with Crippen molar-refractivity contribution in [3.05, 3.63) is 29.4 Å². The fraction of sp³-hybridized carbons (Fsp3) is 0.300. The normalized spacial score (nSPS) is 11.4. The van der Waals surface area contributed by atoms with Crippen molar-refractivity contribution in [2.24, 2.45) is 0 Å². The molecular formula is C10H12N2O2. The number of carbonyl (C=O) groups is 1. The first kappa shape index (κ1) is 10.4. The van der Waals surface area contributed by atoms with E-state index < -0.39 is 5.97 Å². The highest BCUT2D eigenvalue weighted by Gasteiger charge is 2.04. The number of carboxylic acid groups (broad SMARTS) is 1. The van der Waals surface area contributed by atoms with Crippen LogP contribution in [0.4, 0.5) is 0 Å². The van der Waals surface area contributed by atoms with Gasteiger partial charge in [-0.25, -0.2) is 14.8 Å². The van der Waals surface area contributed by atoms with E-state index in [1.54, 1.807) is 32.2 Å². The van der Waals surface area contributed by atoms with Crippen LogP contribution in [-0.4, -0.2) is 21.0 Å². The summed E-state index contributed by atoms with van der Waals surface area (Å²) < 4.78 is 0. The first-order valence-electron chi connectivity index (χ1n) is 4.37. The van der Waals surface area contributed by atoms with E-state index in [0.29, 0.717) is 23.5 Å². The summed E-state index contributed by atoms with van der Waals surface area (Å²) in [5, 5.41) is 8.79. The predicted octanol–water partition coefficient (Wildman–Crippen LogP) is 1.66. The Morgan fingerprint density at radius 2 is 2.36 bits per heavy atom. The molecule has 0 saturated heterocycles. The third kappa shape index (κ3) is 2.65. The van der Waals surface area contributed by atoms with Gasteiger partial charge in [-0.3, -0.25) is 0 Å². The molecule has 4 heteroatoms. The zero-order chi connectivity index (χ0) is 10.6. The molecule has 1 aromatic rings. The minimum atomic E-state index is -0.899. The number of carboxylic acids is 1. The van der Waals surface area contributed by atoms with Crippen LogP contribution in [0.3, 0.4) is 0 Å². The van der Waals surface area contributed by atoms with Gasteiger partial charge in [0.1, 0.15) is 5.82 Å². The molecule has 0 radical (unpaired) electrons. The summed E-state index contributed by atoms with van der Waals surface area (Å²) in [6.07, 6.45) is 3.67. The Hall–Kier alpha value is -1.71. The summed E-state index contributed by atoms with van der Waals surface area (Å²) in [4.78, 5) is 18.7. The van der Waals surface area contributed by atoms with E-state index in [1.807, 2.05) is 0 Å². The lowest BCUT2D eigenvalue weighted by molar-refractivity contribution is -0.132. The van der Waals surface area contributed by atoms with Gasteiger partial charge in [-0.15, -0.1) is 0 Å². The molecule has 0 unspecified atom stereocenters. The van der Waals surface area contributed by atoms with Gasteiger partial charge in [-0.05, 0) is 25.5 Å². The van der Waals surface area contributed by atoms with Crippen molar-refractivity contribution >= 4 is 12.0 Å². The molecule has 0 aliphatic carbocycles. The molecule has 0 atom stereocenters. The van der Waals surface area contributed by atoms with Crippen molar-refractivity contribution < 1.29 is 9.90 Å². The Kier molecular flexibility index (Phi) is 3.34. The number of rotatable bonds is 3. The molecule has 0 fully saturated rings. The van der Waals surface area contributed by atoms with Gasteiger partial charge in [0.05, 0.1) is 5.69 Å². The molecule has 4 nitrogen and oxygen atoms in total. The average molecular weight is 192 g/mol. The van der Waals surface area contributed by atoms with Gasteiger partial charge in [-0.1, -0.05) is 6.92 Å². The highest BCUT2D eigenvalue weighted by Crippen LogP contribution is 2.07. The number of hydrogen-bond acceptors (Lipinski definition) is 3. The monoisotopic (exact) mass is 192 g/mol. The van der Waals surface area contributed by atoms with Gasteiger partial charge in [0, 0.05) is 11.8 Å². The molecule has 0 aliphatic heterocycles. The Bertz CT molecular complexity index is 372. The van der Waals surface area contributed by atoms with Gasteiger partial charge in [-0.2, -0.15) is 0 Å².